The highest BCUT2D eigenvalue weighted by molar-refractivity contribution is 6.19. The van der Waals surface area contributed by atoms with Crippen LogP contribution in [-0.2, 0) is 5.41 Å². The van der Waals surface area contributed by atoms with Gasteiger partial charge < -0.3 is 14.1 Å². The molecule has 0 saturated heterocycles. The summed E-state index contributed by atoms with van der Waals surface area (Å²) >= 11 is 0. The zero-order chi connectivity index (χ0) is 48.5. The molecule has 0 saturated carbocycles. The molecule has 2 aliphatic rings. The largest absolute Gasteiger partial charge is 0.456 e. The standard InChI is InChI=1S/C71H43NO2/c1-3-18-44(19-4-1)45-34-37-48(38-35-45)72(47-20-5-2-6-21-47)49-39-41-64-61(43-49)66-50(31-17-33-65(66)73-64)46-36-40-63-60(42-46)55-26-15-16-32-62(55)71(63)67-56-27-11-7-22-51(56)53-24-9-13-29-58(53)69(67)74-70-59-30-14-10-25-54(59)52-23-8-12-28-57(52)68(70)71/h1-43H. The highest BCUT2D eigenvalue weighted by atomic mass is 16.5. The van der Waals surface area contributed by atoms with Gasteiger partial charge in [0.05, 0.1) is 5.41 Å². The fraction of sp³-hybridized carbons (Fsp3) is 0.0141. The molecule has 0 atom stereocenters. The summed E-state index contributed by atoms with van der Waals surface area (Å²) in [6, 6.07) is 95.0. The summed E-state index contributed by atoms with van der Waals surface area (Å²) in [5, 5.41) is 11.6. The van der Waals surface area contributed by atoms with Crippen molar-refractivity contribution in [2.45, 2.75) is 5.41 Å². The van der Waals surface area contributed by atoms with Gasteiger partial charge in [-0.2, -0.15) is 0 Å². The molecule has 1 aliphatic heterocycles. The van der Waals surface area contributed by atoms with Gasteiger partial charge in [0.25, 0.3) is 0 Å². The van der Waals surface area contributed by atoms with Gasteiger partial charge in [-0.3, -0.25) is 0 Å². The number of hydrogen-bond donors (Lipinski definition) is 0. The summed E-state index contributed by atoms with van der Waals surface area (Å²) in [6.07, 6.45) is 0. The van der Waals surface area contributed by atoms with Crippen molar-refractivity contribution in [2.24, 2.45) is 0 Å². The second-order valence-electron chi connectivity index (χ2n) is 19.8. The molecule has 344 valence electrons. The minimum Gasteiger partial charge on any atom is -0.456 e. The summed E-state index contributed by atoms with van der Waals surface area (Å²) in [7, 11) is 0. The molecule has 0 N–H and O–H groups in total. The maximum Gasteiger partial charge on any atom is 0.140 e. The number of benzene rings is 13. The van der Waals surface area contributed by atoms with Crippen LogP contribution in [0.15, 0.2) is 265 Å². The monoisotopic (exact) mass is 941 g/mol. The van der Waals surface area contributed by atoms with Crippen molar-refractivity contribution in [3.63, 3.8) is 0 Å². The minimum atomic E-state index is -0.746. The highest BCUT2D eigenvalue weighted by Crippen LogP contribution is 2.67. The molecule has 0 bridgehead atoms. The summed E-state index contributed by atoms with van der Waals surface area (Å²) in [4.78, 5) is 2.34. The lowest BCUT2D eigenvalue weighted by Gasteiger charge is -2.42. The third-order valence-corrected chi connectivity index (χ3v) is 16.1. The maximum atomic E-state index is 7.60. The Bertz CT molecular complexity index is 4500. The molecule has 16 rings (SSSR count). The van der Waals surface area contributed by atoms with E-state index in [1.54, 1.807) is 0 Å². The van der Waals surface area contributed by atoms with Crippen LogP contribution in [0.4, 0.5) is 17.1 Å². The third-order valence-electron chi connectivity index (χ3n) is 16.1. The number of anilines is 3. The Labute approximate surface area is 427 Å². The summed E-state index contributed by atoms with van der Waals surface area (Å²) in [5.41, 5.74) is 16.1. The Hall–Kier alpha value is -9.70. The fourth-order valence-electron chi connectivity index (χ4n) is 13.0. The van der Waals surface area contributed by atoms with Crippen molar-refractivity contribution < 1.29 is 9.15 Å². The number of nitrogens with zero attached hydrogens (tertiary/aromatic N) is 1. The van der Waals surface area contributed by atoms with Gasteiger partial charge in [-0.05, 0) is 131 Å². The van der Waals surface area contributed by atoms with E-state index in [4.69, 9.17) is 9.15 Å². The van der Waals surface area contributed by atoms with Crippen LogP contribution in [0.1, 0.15) is 22.3 Å². The lowest BCUT2D eigenvalue weighted by molar-refractivity contribution is 0.451. The van der Waals surface area contributed by atoms with E-state index in [1.807, 2.05) is 0 Å². The van der Waals surface area contributed by atoms with Crippen LogP contribution in [-0.4, -0.2) is 0 Å². The van der Waals surface area contributed by atoms with Crippen molar-refractivity contribution in [3.8, 4) is 44.9 Å². The van der Waals surface area contributed by atoms with Crippen LogP contribution in [0.2, 0.25) is 0 Å². The SMILES string of the molecule is c1ccc(-c2ccc(N(c3ccccc3)c3ccc4oc5cccc(-c6ccc7c(c6)-c6ccccc6C76c7c(c8ccccc8c8ccccc78)Oc7c6c6ccccc6c6ccccc76)c5c4c3)cc2)cc1. The van der Waals surface area contributed by atoms with Crippen LogP contribution in [0.25, 0.3) is 98.4 Å². The van der Waals surface area contributed by atoms with Gasteiger partial charge in [0.2, 0.25) is 0 Å². The number of fused-ring (bicyclic) bond motifs is 22. The number of para-hydroxylation sites is 1. The molecule has 0 unspecified atom stereocenters. The second kappa shape index (κ2) is 15.6. The van der Waals surface area contributed by atoms with E-state index in [-0.39, 0.29) is 0 Å². The van der Waals surface area contributed by atoms with Crippen LogP contribution in [0.3, 0.4) is 0 Å². The first-order valence-corrected chi connectivity index (χ1v) is 25.5. The lowest BCUT2D eigenvalue weighted by Crippen LogP contribution is -2.33. The first-order valence-electron chi connectivity index (χ1n) is 25.5. The van der Waals surface area contributed by atoms with Gasteiger partial charge in [0.15, 0.2) is 0 Å². The smallest absolute Gasteiger partial charge is 0.140 e. The number of rotatable bonds is 5. The van der Waals surface area contributed by atoms with Crippen molar-refractivity contribution in [3.05, 3.63) is 283 Å². The second-order valence-corrected chi connectivity index (χ2v) is 19.8. The first kappa shape index (κ1) is 41.0. The fourth-order valence-corrected chi connectivity index (χ4v) is 13.0. The molecule has 1 aromatic heterocycles. The van der Waals surface area contributed by atoms with E-state index in [1.165, 1.54) is 76.8 Å². The van der Waals surface area contributed by atoms with Gasteiger partial charge in [0, 0.05) is 49.7 Å². The van der Waals surface area contributed by atoms with E-state index in [2.05, 4.69) is 266 Å². The molecule has 1 spiro atoms. The van der Waals surface area contributed by atoms with Gasteiger partial charge in [0.1, 0.15) is 22.7 Å². The molecule has 0 radical (unpaired) electrons. The first-order chi connectivity index (χ1) is 36.7. The highest BCUT2D eigenvalue weighted by Gasteiger charge is 2.54. The number of furan rings is 1. The number of hydrogen-bond acceptors (Lipinski definition) is 3. The normalized spacial score (nSPS) is 13.1. The van der Waals surface area contributed by atoms with Gasteiger partial charge in [-0.15, -0.1) is 0 Å². The van der Waals surface area contributed by atoms with Gasteiger partial charge in [-0.25, -0.2) is 0 Å². The van der Waals surface area contributed by atoms with E-state index < -0.39 is 5.41 Å². The average molecular weight is 942 g/mol. The quantitative estimate of drug-likeness (QED) is 0.161. The van der Waals surface area contributed by atoms with Crippen molar-refractivity contribution >= 4 is 82.1 Å². The summed E-state index contributed by atoms with van der Waals surface area (Å²) in [5.74, 6) is 1.84. The summed E-state index contributed by atoms with van der Waals surface area (Å²) in [6.45, 7) is 0. The minimum absolute atomic E-state index is 0.746. The molecule has 14 aromatic rings. The van der Waals surface area contributed by atoms with Crippen molar-refractivity contribution in [1.82, 2.24) is 0 Å². The molecule has 0 fully saturated rings. The zero-order valence-electron chi connectivity index (χ0n) is 40.1. The Balaban J connectivity index is 0.947. The van der Waals surface area contributed by atoms with E-state index in [0.717, 1.165) is 72.4 Å². The van der Waals surface area contributed by atoms with Crippen LogP contribution < -0.4 is 9.64 Å². The van der Waals surface area contributed by atoms with E-state index in [0.29, 0.717) is 0 Å². The maximum absolute atomic E-state index is 7.60. The van der Waals surface area contributed by atoms with Gasteiger partial charge in [-0.1, -0.05) is 206 Å². The average Bonchev–Trinajstić information content (AvgIpc) is 4.06. The molecule has 3 heteroatoms. The van der Waals surface area contributed by atoms with Crippen LogP contribution >= 0.6 is 0 Å². The summed E-state index contributed by atoms with van der Waals surface area (Å²) < 4.78 is 14.4. The molecule has 13 aromatic carbocycles. The van der Waals surface area contributed by atoms with E-state index >= 15 is 0 Å². The Kier molecular flexibility index (Phi) is 8.66. The molecular weight excluding hydrogens is 899 g/mol. The predicted molar refractivity (Wildman–Crippen MR) is 307 cm³/mol. The lowest BCUT2D eigenvalue weighted by atomic mass is 9.63. The van der Waals surface area contributed by atoms with E-state index in [9.17, 15) is 0 Å². The molecule has 0 amide bonds. The number of ether oxygens (including phenoxy) is 1. The molecule has 3 nitrogen and oxygen atoms in total. The van der Waals surface area contributed by atoms with Crippen molar-refractivity contribution in [1.29, 1.82) is 0 Å². The Morgan fingerprint density at radius 2 is 0.770 bits per heavy atom. The molecule has 1 aliphatic carbocycles. The molecular formula is C71H43NO2. The Morgan fingerprint density at radius 3 is 1.43 bits per heavy atom. The Morgan fingerprint density at radius 1 is 0.284 bits per heavy atom. The van der Waals surface area contributed by atoms with Crippen LogP contribution in [0, 0.1) is 0 Å². The molecule has 74 heavy (non-hydrogen) atoms. The third kappa shape index (κ3) is 5.66. The molecule has 2 heterocycles. The predicted octanol–water partition coefficient (Wildman–Crippen LogP) is 19.5. The van der Waals surface area contributed by atoms with Gasteiger partial charge >= 0.3 is 0 Å². The van der Waals surface area contributed by atoms with Crippen LogP contribution in [0.5, 0.6) is 11.5 Å². The van der Waals surface area contributed by atoms with Crippen molar-refractivity contribution in [2.75, 3.05) is 4.90 Å². The topological polar surface area (TPSA) is 25.6 Å². The zero-order valence-corrected chi connectivity index (χ0v) is 40.1.